The Balaban J connectivity index is 1.76. The van der Waals surface area contributed by atoms with Crippen molar-refractivity contribution in [1.29, 1.82) is 5.41 Å². The summed E-state index contributed by atoms with van der Waals surface area (Å²) in [6.07, 6.45) is 6.64. The van der Waals surface area contributed by atoms with Gasteiger partial charge in [0, 0.05) is 19.5 Å². The summed E-state index contributed by atoms with van der Waals surface area (Å²) in [5.74, 6) is 3.31. The van der Waals surface area contributed by atoms with Crippen molar-refractivity contribution >= 4 is 5.84 Å². The first-order valence-corrected chi connectivity index (χ1v) is 6.74. The van der Waals surface area contributed by atoms with Crippen LogP contribution in [-0.4, -0.2) is 30.4 Å². The molecule has 3 heteroatoms. The highest BCUT2D eigenvalue weighted by molar-refractivity contribution is 5.76. The van der Waals surface area contributed by atoms with E-state index in [-0.39, 0.29) is 0 Å². The first-order chi connectivity index (χ1) is 7.69. The number of amidine groups is 1. The zero-order valence-electron chi connectivity index (χ0n) is 10.4. The highest BCUT2D eigenvalue weighted by atomic mass is 15.1. The van der Waals surface area contributed by atoms with E-state index in [9.17, 15) is 0 Å². The molecule has 0 spiro atoms. The van der Waals surface area contributed by atoms with Crippen LogP contribution in [0.25, 0.3) is 0 Å². The number of nitrogens with one attached hydrogen (secondary N) is 1. The van der Waals surface area contributed by atoms with Crippen LogP contribution in [0.4, 0.5) is 0 Å². The van der Waals surface area contributed by atoms with Crippen molar-refractivity contribution in [3.63, 3.8) is 0 Å². The molecule has 92 valence electrons. The quantitative estimate of drug-likeness (QED) is 0.535. The lowest BCUT2D eigenvalue weighted by Gasteiger charge is -2.29. The van der Waals surface area contributed by atoms with Crippen LogP contribution < -0.4 is 5.73 Å². The SMILES string of the molecule is CCN(CCC(=N)N)CC1CC2CCC1C2. The van der Waals surface area contributed by atoms with Crippen molar-refractivity contribution in [2.75, 3.05) is 19.6 Å². The largest absolute Gasteiger partial charge is 0.388 e. The second-order valence-electron chi connectivity index (χ2n) is 5.60. The van der Waals surface area contributed by atoms with E-state index in [1.54, 1.807) is 0 Å². The van der Waals surface area contributed by atoms with E-state index >= 15 is 0 Å². The number of fused-ring (bicyclic) bond motifs is 2. The lowest BCUT2D eigenvalue weighted by Crippen LogP contribution is -2.34. The normalized spacial score (nSPS) is 32.5. The molecule has 0 aromatic rings. The minimum absolute atomic E-state index is 0.325. The van der Waals surface area contributed by atoms with Gasteiger partial charge in [-0.1, -0.05) is 13.3 Å². The van der Waals surface area contributed by atoms with Crippen LogP contribution in [0.1, 0.15) is 39.0 Å². The highest BCUT2D eigenvalue weighted by Crippen LogP contribution is 2.48. The highest BCUT2D eigenvalue weighted by Gasteiger charge is 2.39. The van der Waals surface area contributed by atoms with Gasteiger partial charge in [-0.2, -0.15) is 0 Å². The summed E-state index contributed by atoms with van der Waals surface area (Å²) in [6, 6.07) is 0. The first kappa shape index (κ1) is 11.9. The molecule has 0 aliphatic heterocycles. The molecular weight excluding hydrogens is 198 g/mol. The van der Waals surface area contributed by atoms with Gasteiger partial charge >= 0.3 is 0 Å². The lowest BCUT2D eigenvalue weighted by molar-refractivity contribution is 0.200. The van der Waals surface area contributed by atoms with E-state index in [0.717, 1.165) is 37.3 Å². The smallest absolute Gasteiger partial charge is 0.0918 e. The third-order valence-electron chi connectivity index (χ3n) is 4.52. The molecule has 0 aromatic heterocycles. The third-order valence-corrected chi connectivity index (χ3v) is 4.52. The Bertz CT molecular complexity index is 252. The van der Waals surface area contributed by atoms with E-state index < -0.39 is 0 Å². The second kappa shape index (κ2) is 5.17. The third kappa shape index (κ3) is 2.76. The maximum atomic E-state index is 7.28. The predicted molar refractivity (Wildman–Crippen MR) is 67.6 cm³/mol. The maximum Gasteiger partial charge on any atom is 0.0918 e. The van der Waals surface area contributed by atoms with E-state index in [1.807, 2.05) is 0 Å². The summed E-state index contributed by atoms with van der Waals surface area (Å²) in [4.78, 5) is 2.48. The summed E-state index contributed by atoms with van der Waals surface area (Å²) in [5.41, 5.74) is 5.42. The number of nitrogens with two attached hydrogens (primary N) is 1. The van der Waals surface area contributed by atoms with E-state index in [1.165, 1.54) is 32.2 Å². The molecule has 2 fully saturated rings. The summed E-state index contributed by atoms with van der Waals surface area (Å²) in [5, 5.41) is 7.28. The molecule has 3 unspecified atom stereocenters. The van der Waals surface area contributed by atoms with Gasteiger partial charge in [-0.25, -0.2) is 0 Å². The van der Waals surface area contributed by atoms with E-state index in [2.05, 4.69) is 11.8 Å². The first-order valence-electron chi connectivity index (χ1n) is 6.74. The Morgan fingerprint density at radius 3 is 2.69 bits per heavy atom. The molecule has 0 heterocycles. The molecule has 0 amide bonds. The van der Waals surface area contributed by atoms with Crippen LogP contribution in [0.5, 0.6) is 0 Å². The Morgan fingerprint density at radius 1 is 1.38 bits per heavy atom. The molecule has 3 nitrogen and oxygen atoms in total. The van der Waals surface area contributed by atoms with Gasteiger partial charge in [0.1, 0.15) is 0 Å². The molecule has 2 aliphatic carbocycles. The summed E-state index contributed by atoms with van der Waals surface area (Å²) in [7, 11) is 0. The number of nitrogens with zero attached hydrogens (tertiary/aromatic N) is 1. The van der Waals surface area contributed by atoms with Crippen LogP contribution in [-0.2, 0) is 0 Å². The fourth-order valence-corrected chi connectivity index (χ4v) is 3.59. The minimum Gasteiger partial charge on any atom is -0.388 e. The van der Waals surface area contributed by atoms with Gasteiger partial charge in [0.05, 0.1) is 5.84 Å². The van der Waals surface area contributed by atoms with Crippen LogP contribution in [0, 0.1) is 23.2 Å². The molecule has 2 bridgehead atoms. The summed E-state index contributed by atoms with van der Waals surface area (Å²) in [6.45, 7) is 5.53. The van der Waals surface area contributed by atoms with Gasteiger partial charge in [0.15, 0.2) is 0 Å². The van der Waals surface area contributed by atoms with Crippen molar-refractivity contribution in [2.24, 2.45) is 23.5 Å². The second-order valence-corrected chi connectivity index (χ2v) is 5.60. The molecular formula is C13H25N3. The van der Waals surface area contributed by atoms with Crippen molar-refractivity contribution < 1.29 is 0 Å². The molecule has 3 N–H and O–H groups in total. The predicted octanol–water partition coefficient (Wildman–Crippen LogP) is 2.07. The minimum atomic E-state index is 0.325. The molecule has 0 saturated heterocycles. The molecule has 2 saturated carbocycles. The van der Waals surface area contributed by atoms with E-state index in [4.69, 9.17) is 11.1 Å². The Kier molecular flexibility index (Phi) is 3.85. The van der Waals surface area contributed by atoms with E-state index in [0.29, 0.717) is 5.84 Å². The van der Waals surface area contributed by atoms with Crippen LogP contribution in [0.15, 0.2) is 0 Å². The number of rotatable bonds is 6. The number of hydrogen-bond donors (Lipinski definition) is 2. The van der Waals surface area contributed by atoms with Crippen molar-refractivity contribution in [1.82, 2.24) is 4.90 Å². The van der Waals surface area contributed by atoms with Crippen LogP contribution >= 0.6 is 0 Å². The summed E-state index contributed by atoms with van der Waals surface area (Å²) < 4.78 is 0. The van der Waals surface area contributed by atoms with Crippen LogP contribution in [0.3, 0.4) is 0 Å². The number of hydrogen-bond acceptors (Lipinski definition) is 2. The van der Waals surface area contributed by atoms with Gasteiger partial charge in [-0.15, -0.1) is 0 Å². The Hall–Kier alpha value is -0.570. The zero-order valence-corrected chi connectivity index (χ0v) is 10.4. The Morgan fingerprint density at radius 2 is 2.19 bits per heavy atom. The fraction of sp³-hybridized carbons (Fsp3) is 0.923. The summed E-state index contributed by atoms with van der Waals surface area (Å²) >= 11 is 0. The van der Waals surface area contributed by atoms with Gasteiger partial charge in [-0.3, -0.25) is 5.41 Å². The topological polar surface area (TPSA) is 53.1 Å². The molecule has 0 aromatic carbocycles. The van der Waals surface area contributed by atoms with Gasteiger partial charge in [0.25, 0.3) is 0 Å². The van der Waals surface area contributed by atoms with Gasteiger partial charge < -0.3 is 10.6 Å². The van der Waals surface area contributed by atoms with Gasteiger partial charge in [0.2, 0.25) is 0 Å². The Labute approximate surface area is 98.9 Å². The monoisotopic (exact) mass is 223 g/mol. The average Bonchev–Trinajstić information content (AvgIpc) is 2.85. The standard InChI is InChI=1S/C13H25N3/c1-2-16(6-5-13(14)15)9-12-8-10-3-4-11(12)7-10/h10-12H,2-9H2,1H3,(H3,14,15). The molecule has 16 heavy (non-hydrogen) atoms. The van der Waals surface area contributed by atoms with Crippen molar-refractivity contribution in [2.45, 2.75) is 39.0 Å². The zero-order chi connectivity index (χ0) is 11.5. The maximum absolute atomic E-state index is 7.28. The van der Waals surface area contributed by atoms with Crippen LogP contribution in [0.2, 0.25) is 0 Å². The average molecular weight is 223 g/mol. The van der Waals surface area contributed by atoms with Crippen molar-refractivity contribution in [3.8, 4) is 0 Å². The van der Waals surface area contributed by atoms with Crippen molar-refractivity contribution in [3.05, 3.63) is 0 Å². The molecule has 0 radical (unpaired) electrons. The molecule has 3 atom stereocenters. The fourth-order valence-electron chi connectivity index (χ4n) is 3.59. The van der Waals surface area contributed by atoms with Gasteiger partial charge in [-0.05, 0) is 43.6 Å². The lowest BCUT2D eigenvalue weighted by atomic mass is 9.88. The molecule has 2 rings (SSSR count). The molecule has 2 aliphatic rings.